The molecule has 3 aliphatic rings. The molecule has 1 saturated heterocycles. The molecule has 0 aromatic carbocycles. The van der Waals surface area contributed by atoms with E-state index in [2.05, 4.69) is 20.8 Å². The van der Waals surface area contributed by atoms with Crippen LogP contribution in [0.3, 0.4) is 0 Å². The Morgan fingerprint density at radius 3 is 2.41 bits per heavy atom. The van der Waals surface area contributed by atoms with Gasteiger partial charge in [0.1, 0.15) is 0 Å². The van der Waals surface area contributed by atoms with Crippen molar-refractivity contribution in [3.63, 3.8) is 0 Å². The number of hydrogen-bond donors (Lipinski definition) is 1. The first-order valence-corrected chi connectivity index (χ1v) is 8.50. The van der Waals surface area contributed by atoms with Gasteiger partial charge in [-0.1, -0.05) is 20.8 Å². The van der Waals surface area contributed by atoms with Gasteiger partial charge in [-0.15, -0.1) is 0 Å². The van der Waals surface area contributed by atoms with Gasteiger partial charge in [0.2, 0.25) is 0 Å². The number of likely N-dealkylation sites (tertiary alicyclic amines) is 1. The van der Waals surface area contributed by atoms with Gasteiger partial charge in [0.25, 0.3) is 5.91 Å². The van der Waals surface area contributed by atoms with Gasteiger partial charge in [-0.05, 0) is 55.8 Å². The van der Waals surface area contributed by atoms with Crippen molar-refractivity contribution in [3.8, 4) is 0 Å². The van der Waals surface area contributed by atoms with Crippen LogP contribution in [0.5, 0.6) is 0 Å². The average Bonchev–Trinajstić information content (AvgIpc) is 2.64. The Labute approximate surface area is 132 Å². The second-order valence-electron chi connectivity index (χ2n) is 8.41. The number of carbonyl (C=O) groups excluding carboxylic acids is 1. The third-order valence-corrected chi connectivity index (χ3v) is 6.05. The van der Waals surface area contributed by atoms with Gasteiger partial charge in [-0.2, -0.15) is 0 Å². The predicted octanol–water partition coefficient (Wildman–Crippen LogP) is 3.37. The smallest absolute Gasteiger partial charge is 0.332 e. The number of piperidine rings is 1. The number of aliphatic carboxylic acids is 1. The van der Waals surface area contributed by atoms with E-state index in [9.17, 15) is 14.7 Å². The highest BCUT2D eigenvalue weighted by Crippen LogP contribution is 2.56. The van der Waals surface area contributed by atoms with Gasteiger partial charge in [-0.25, -0.2) is 4.79 Å². The molecule has 1 N–H and O–H groups in total. The summed E-state index contributed by atoms with van der Waals surface area (Å²) in [6.45, 7) is 7.61. The van der Waals surface area contributed by atoms with Crippen LogP contribution in [-0.4, -0.2) is 34.5 Å². The maximum atomic E-state index is 13.1. The van der Waals surface area contributed by atoms with E-state index in [0.717, 1.165) is 38.6 Å². The molecule has 2 aliphatic carbocycles. The summed E-state index contributed by atoms with van der Waals surface area (Å²) < 4.78 is 0. The Balaban J connectivity index is 1.91. The number of rotatable bonds is 2. The summed E-state index contributed by atoms with van der Waals surface area (Å²) in [5, 5.41) is 9.40. The number of carbonyl (C=O) groups is 2. The molecule has 2 fully saturated rings. The second-order valence-corrected chi connectivity index (χ2v) is 8.41. The van der Waals surface area contributed by atoms with Crippen LogP contribution in [0.4, 0.5) is 0 Å². The average molecular weight is 305 g/mol. The lowest BCUT2D eigenvalue weighted by molar-refractivity contribution is -0.136. The van der Waals surface area contributed by atoms with Crippen molar-refractivity contribution in [2.45, 2.75) is 71.8 Å². The molecule has 1 aliphatic heterocycles. The minimum absolute atomic E-state index is 0.000810. The predicted molar refractivity (Wildman–Crippen MR) is 84.4 cm³/mol. The molecule has 1 amide bonds. The van der Waals surface area contributed by atoms with Crippen LogP contribution in [0.2, 0.25) is 0 Å². The van der Waals surface area contributed by atoms with Crippen molar-refractivity contribution in [1.29, 1.82) is 0 Å². The highest BCUT2D eigenvalue weighted by atomic mass is 16.4. The second kappa shape index (κ2) is 5.10. The molecular formula is C18H27NO3. The lowest BCUT2D eigenvalue weighted by Gasteiger charge is -2.41. The maximum Gasteiger partial charge on any atom is 0.332 e. The maximum absolute atomic E-state index is 13.1. The van der Waals surface area contributed by atoms with Crippen LogP contribution in [0.1, 0.15) is 65.7 Å². The molecule has 0 aromatic heterocycles. The summed E-state index contributed by atoms with van der Waals surface area (Å²) in [5.41, 5.74) is 1.41. The van der Waals surface area contributed by atoms with Crippen molar-refractivity contribution in [2.75, 3.05) is 6.54 Å². The fourth-order valence-corrected chi connectivity index (χ4v) is 5.10. The Kier molecular flexibility index (Phi) is 3.61. The van der Waals surface area contributed by atoms with Crippen LogP contribution in [0, 0.1) is 10.8 Å². The SMILES string of the molecule is CC12CCN(C(=O)C3=C(C(=O)O)CCCC3)C(C1)C(C)(C)C2. The number of carboxylic acid groups (broad SMARTS) is 1. The summed E-state index contributed by atoms with van der Waals surface area (Å²) in [6.07, 6.45) is 6.22. The number of hydrogen-bond acceptors (Lipinski definition) is 2. The summed E-state index contributed by atoms with van der Waals surface area (Å²) in [4.78, 5) is 26.5. The number of fused-ring (bicyclic) bond motifs is 2. The molecular weight excluding hydrogens is 278 g/mol. The van der Waals surface area contributed by atoms with Gasteiger partial charge in [0.05, 0.1) is 0 Å². The van der Waals surface area contributed by atoms with E-state index in [1.165, 1.54) is 0 Å². The lowest BCUT2D eigenvalue weighted by Crippen LogP contribution is -2.49. The zero-order valence-corrected chi connectivity index (χ0v) is 13.9. The Hall–Kier alpha value is -1.32. The molecule has 122 valence electrons. The molecule has 3 rings (SSSR count). The molecule has 2 atom stereocenters. The van der Waals surface area contributed by atoms with Crippen molar-refractivity contribution >= 4 is 11.9 Å². The number of nitrogens with zero attached hydrogens (tertiary/aromatic N) is 1. The molecule has 22 heavy (non-hydrogen) atoms. The van der Waals surface area contributed by atoms with Crippen molar-refractivity contribution in [1.82, 2.24) is 4.90 Å². The van der Waals surface area contributed by atoms with E-state index in [4.69, 9.17) is 0 Å². The minimum Gasteiger partial charge on any atom is -0.478 e. The first-order chi connectivity index (χ1) is 10.2. The van der Waals surface area contributed by atoms with Crippen LogP contribution in [0.15, 0.2) is 11.1 Å². The summed E-state index contributed by atoms with van der Waals surface area (Å²) in [7, 11) is 0. The molecule has 4 heteroatoms. The molecule has 0 spiro atoms. The topological polar surface area (TPSA) is 57.6 Å². The van der Waals surface area contributed by atoms with E-state index in [0.29, 0.717) is 29.4 Å². The fourth-order valence-electron chi connectivity index (χ4n) is 5.10. The summed E-state index contributed by atoms with van der Waals surface area (Å²) in [6, 6.07) is 0.253. The van der Waals surface area contributed by atoms with Gasteiger partial charge < -0.3 is 10.0 Å². The summed E-state index contributed by atoms with van der Waals surface area (Å²) >= 11 is 0. The van der Waals surface area contributed by atoms with E-state index in [-0.39, 0.29) is 17.4 Å². The highest BCUT2D eigenvalue weighted by Gasteiger charge is 2.53. The standard InChI is InChI=1S/C18H27NO3/c1-17(2)11-18(3)8-9-19(14(17)10-18)15(20)12-6-4-5-7-13(12)16(21)22/h14H,4-11H2,1-3H3,(H,21,22). The van der Waals surface area contributed by atoms with Gasteiger partial charge in [0.15, 0.2) is 0 Å². The molecule has 1 saturated carbocycles. The zero-order valence-electron chi connectivity index (χ0n) is 13.9. The zero-order chi connectivity index (χ0) is 16.1. The third-order valence-electron chi connectivity index (χ3n) is 6.05. The van der Waals surface area contributed by atoms with Gasteiger partial charge >= 0.3 is 5.97 Å². The fraction of sp³-hybridized carbons (Fsp3) is 0.778. The molecule has 0 radical (unpaired) electrons. The largest absolute Gasteiger partial charge is 0.478 e. The minimum atomic E-state index is -0.907. The number of carboxylic acids is 1. The van der Waals surface area contributed by atoms with E-state index >= 15 is 0 Å². The first-order valence-electron chi connectivity index (χ1n) is 8.50. The molecule has 4 nitrogen and oxygen atoms in total. The van der Waals surface area contributed by atoms with E-state index in [1.807, 2.05) is 4.90 Å². The Morgan fingerprint density at radius 1 is 1.14 bits per heavy atom. The Bertz CT molecular complexity index is 549. The quantitative estimate of drug-likeness (QED) is 0.851. The Morgan fingerprint density at radius 2 is 1.77 bits per heavy atom. The normalized spacial score (nSPS) is 34.0. The van der Waals surface area contributed by atoms with Crippen LogP contribution < -0.4 is 0 Å². The highest BCUT2D eigenvalue weighted by molar-refractivity contribution is 6.02. The molecule has 2 bridgehead atoms. The van der Waals surface area contributed by atoms with Crippen molar-refractivity contribution in [2.24, 2.45) is 10.8 Å². The molecule has 2 unspecified atom stereocenters. The van der Waals surface area contributed by atoms with E-state index < -0.39 is 5.97 Å². The van der Waals surface area contributed by atoms with Gasteiger partial charge in [0, 0.05) is 23.7 Å². The third kappa shape index (κ3) is 2.46. The monoisotopic (exact) mass is 305 g/mol. The van der Waals surface area contributed by atoms with Crippen LogP contribution >= 0.6 is 0 Å². The summed E-state index contributed by atoms with van der Waals surface area (Å²) in [5.74, 6) is -0.908. The number of amides is 1. The van der Waals surface area contributed by atoms with E-state index in [1.54, 1.807) is 0 Å². The van der Waals surface area contributed by atoms with Crippen molar-refractivity contribution < 1.29 is 14.7 Å². The first kappa shape index (κ1) is 15.6. The van der Waals surface area contributed by atoms with Crippen LogP contribution in [-0.2, 0) is 9.59 Å². The lowest BCUT2D eigenvalue weighted by atomic mass is 9.81. The van der Waals surface area contributed by atoms with Gasteiger partial charge in [-0.3, -0.25) is 4.79 Å². The molecule has 1 heterocycles. The van der Waals surface area contributed by atoms with Crippen molar-refractivity contribution in [3.05, 3.63) is 11.1 Å². The molecule has 0 aromatic rings. The van der Waals surface area contributed by atoms with Crippen LogP contribution in [0.25, 0.3) is 0 Å².